The van der Waals surface area contributed by atoms with E-state index in [-0.39, 0.29) is 12.5 Å². The van der Waals surface area contributed by atoms with Crippen LogP contribution in [0.2, 0.25) is 0 Å². The van der Waals surface area contributed by atoms with E-state index in [1.807, 2.05) is 39.0 Å². The van der Waals surface area contributed by atoms with E-state index in [4.69, 9.17) is 9.47 Å². The zero-order valence-corrected chi connectivity index (χ0v) is 25.1. The van der Waals surface area contributed by atoms with Crippen LogP contribution in [0.5, 0.6) is 0 Å². The number of ether oxygens (including phenoxy) is 2. The van der Waals surface area contributed by atoms with Crippen LogP contribution in [0.1, 0.15) is 38.8 Å². The van der Waals surface area contributed by atoms with Gasteiger partial charge in [-0.05, 0) is 67.8 Å². The van der Waals surface area contributed by atoms with E-state index < -0.39 is 30.3 Å². The van der Waals surface area contributed by atoms with Crippen LogP contribution in [-0.2, 0) is 32.2 Å². The molecule has 3 rings (SSSR count). The Morgan fingerprint density at radius 3 is 2.39 bits per heavy atom. The molecule has 11 nitrogen and oxygen atoms in total. The number of likely N-dealkylation sites (N-methyl/N-ethyl adjacent to an activating group) is 1. The number of nitrogens with one attached hydrogen (secondary N) is 3. The lowest BCUT2D eigenvalue weighted by atomic mass is 10.1. The fourth-order valence-corrected chi connectivity index (χ4v) is 5.27. The van der Waals surface area contributed by atoms with Gasteiger partial charge in [-0.25, -0.2) is 9.80 Å². The fourth-order valence-electron chi connectivity index (χ4n) is 4.31. The number of nitrogens with zero attached hydrogens (tertiary/aromatic N) is 3. The van der Waals surface area contributed by atoms with Crippen molar-refractivity contribution >= 4 is 39.3 Å². The highest BCUT2D eigenvalue weighted by atomic mass is 32.1. The predicted octanol–water partition coefficient (Wildman–Crippen LogP) is 3.26. The van der Waals surface area contributed by atoms with Gasteiger partial charge in [0.25, 0.3) is 0 Å². The average Bonchev–Trinajstić information content (AvgIpc) is 3.37. The number of fused-ring (bicyclic) bond motifs is 1. The maximum absolute atomic E-state index is 13.8. The Bertz CT molecular complexity index is 1270. The lowest BCUT2D eigenvalue weighted by Crippen LogP contribution is -2.55. The number of benzene rings is 1. The van der Waals surface area contributed by atoms with Crippen LogP contribution in [0.3, 0.4) is 0 Å². The Morgan fingerprint density at radius 2 is 1.71 bits per heavy atom. The molecule has 0 aliphatic rings. The molecule has 0 unspecified atom stereocenters. The molecule has 3 aromatic rings. The third-order valence-electron chi connectivity index (χ3n) is 6.36. The molecule has 0 saturated heterocycles. The van der Waals surface area contributed by atoms with E-state index in [0.717, 1.165) is 21.2 Å². The van der Waals surface area contributed by atoms with Crippen molar-refractivity contribution in [3.05, 3.63) is 65.3 Å². The molecule has 3 N–H and O–H groups in total. The first-order chi connectivity index (χ1) is 19.7. The zero-order valence-electron chi connectivity index (χ0n) is 24.3. The van der Waals surface area contributed by atoms with Crippen LogP contribution in [0, 0.1) is 0 Å². The molecule has 4 amide bonds. The molecule has 222 valence electrons. The molecule has 12 heteroatoms. The lowest BCUT2D eigenvalue weighted by molar-refractivity contribution is -0.179. The largest absolute Gasteiger partial charge is 0.351 e. The summed E-state index contributed by atoms with van der Waals surface area (Å²) in [6.07, 6.45) is 2.67. The average molecular weight is 585 g/mol. The van der Waals surface area contributed by atoms with E-state index in [0.29, 0.717) is 26.3 Å². The lowest BCUT2D eigenvalue weighted by Gasteiger charge is -2.36. The van der Waals surface area contributed by atoms with Gasteiger partial charge in [-0.3, -0.25) is 20.0 Å². The number of amides is 4. The third kappa shape index (κ3) is 9.49. The molecular weight excluding hydrogens is 544 g/mol. The fraction of sp³-hybridized carbons (Fsp3) is 0.448. The first-order valence-electron chi connectivity index (χ1n) is 13.7. The van der Waals surface area contributed by atoms with E-state index >= 15 is 0 Å². The summed E-state index contributed by atoms with van der Waals surface area (Å²) in [7, 11) is 1.57. The van der Waals surface area contributed by atoms with Gasteiger partial charge in [0.2, 0.25) is 11.8 Å². The van der Waals surface area contributed by atoms with Crippen LogP contribution in [0.15, 0.2) is 54.2 Å². The maximum Gasteiger partial charge on any atom is 0.329 e. The highest BCUT2D eigenvalue weighted by Gasteiger charge is 2.32. The molecule has 0 fully saturated rings. The van der Waals surface area contributed by atoms with Gasteiger partial charge < -0.3 is 25.0 Å². The number of pyridine rings is 1. The summed E-state index contributed by atoms with van der Waals surface area (Å²) in [4.78, 5) is 44.5. The van der Waals surface area contributed by atoms with Crippen molar-refractivity contribution in [2.45, 2.75) is 59.2 Å². The topological polar surface area (TPSA) is 125 Å². The normalized spacial score (nSPS) is 12.8. The number of carbonyl (C=O) groups is 3. The minimum Gasteiger partial charge on any atom is -0.351 e. The standard InChI is InChI=1S/C29H40N6O5S/c1-6-39-28(40-7-2)21(4)35(17-23-19-41-25-11-9-8-10-24(23)25)27(37)20(3)32-26(36)18-34(5)33-29(38)31-16-22-12-14-30-15-13-22/h8-15,19-21,28H,6-7,16-18H2,1-5H3,(H,32,36)(H2,31,33,38)/t20-,21-/m0/s1. The van der Waals surface area contributed by atoms with Crippen molar-refractivity contribution in [3.63, 3.8) is 0 Å². The van der Waals surface area contributed by atoms with Gasteiger partial charge in [0.15, 0.2) is 6.29 Å². The van der Waals surface area contributed by atoms with Gasteiger partial charge >= 0.3 is 6.03 Å². The Hall–Kier alpha value is -3.58. The smallest absolute Gasteiger partial charge is 0.329 e. The number of thiophene rings is 1. The van der Waals surface area contributed by atoms with E-state index in [1.54, 1.807) is 54.7 Å². The van der Waals surface area contributed by atoms with Crippen molar-refractivity contribution < 1.29 is 23.9 Å². The van der Waals surface area contributed by atoms with Gasteiger partial charge in [0.1, 0.15) is 6.04 Å². The monoisotopic (exact) mass is 584 g/mol. The number of hydrazine groups is 1. The minimum absolute atomic E-state index is 0.147. The number of rotatable bonds is 15. The van der Waals surface area contributed by atoms with Gasteiger partial charge in [-0.1, -0.05) is 18.2 Å². The second-order valence-corrected chi connectivity index (χ2v) is 10.4. The van der Waals surface area contributed by atoms with Crippen molar-refractivity contribution in [1.82, 2.24) is 31.0 Å². The van der Waals surface area contributed by atoms with E-state index in [1.165, 1.54) is 5.01 Å². The summed E-state index contributed by atoms with van der Waals surface area (Å²) < 4.78 is 12.8. The number of hydrogen-bond acceptors (Lipinski definition) is 8. The van der Waals surface area contributed by atoms with Crippen molar-refractivity contribution in [2.24, 2.45) is 0 Å². The summed E-state index contributed by atoms with van der Waals surface area (Å²) in [6, 6.07) is 9.95. The van der Waals surface area contributed by atoms with Crippen molar-refractivity contribution in [3.8, 4) is 0 Å². The quantitative estimate of drug-likeness (QED) is 0.185. The molecule has 0 radical (unpaired) electrons. The molecule has 0 bridgehead atoms. The first kappa shape index (κ1) is 31.9. The second kappa shape index (κ2) is 16.0. The SMILES string of the molecule is CCOC(OCC)[C@H](C)N(Cc1csc2ccccc12)C(=O)[C@H](C)NC(=O)CN(C)NC(=O)NCc1ccncc1. The maximum atomic E-state index is 13.8. The highest BCUT2D eigenvalue weighted by molar-refractivity contribution is 7.17. The number of hydrogen-bond donors (Lipinski definition) is 3. The van der Waals surface area contributed by atoms with E-state index in [9.17, 15) is 14.4 Å². The summed E-state index contributed by atoms with van der Waals surface area (Å²) >= 11 is 1.62. The van der Waals surface area contributed by atoms with Crippen LogP contribution >= 0.6 is 11.3 Å². The molecule has 2 atom stereocenters. The summed E-state index contributed by atoms with van der Waals surface area (Å²) in [5.41, 5.74) is 4.50. The van der Waals surface area contributed by atoms with E-state index in [2.05, 4.69) is 32.5 Å². The number of urea groups is 1. The molecule has 0 saturated carbocycles. The highest BCUT2D eigenvalue weighted by Crippen LogP contribution is 2.28. The molecule has 0 aliphatic carbocycles. The summed E-state index contributed by atoms with van der Waals surface area (Å²) in [5.74, 6) is -0.682. The predicted molar refractivity (Wildman–Crippen MR) is 159 cm³/mol. The summed E-state index contributed by atoms with van der Waals surface area (Å²) in [6.45, 7) is 8.66. The number of aromatic nitrogens is 1. The van der Waals surface area contributed by atoms with Gasteiger partial charge in [-0.15, -0.1) is 11.3 Å². The summed E-state index contributed by atoms with van der Waals surface area (Å²) in [5, 5.41) is 9.98. The first-order valence-corrected chi connectivity index (χ1v) is 14.5. The van der Waals surface area contributed by atoms with Crippen LogP contribution < -0.4 is 16.1 Å². The Labute approximate surface area is 245 Å². The van der Waals surface area contributed by atoms with Crippen molar-refractivity contribution in [2.75, 3.05) is 26.8 Å². The Kier molecular flexibility index (Phi) is 12.5. The van der Waals surface area contributed by atoms with Crippen molar-refractivity contribution in [1.29, 1.82) is 0 Å². The van der Waals surface area contributed by atoms with Crippen LogP contribution in [0.4, 0.5) is 4.79 Å². The Balaban J connectivity index is 1.63. The molecule has 2 aromatic heterocycles. The third-order valence-corrected chi connectivity index (χ3v) is 7.37. The second-order valence-electron chi connectivity index (χ2n) is 9.54. The molecule has 0 aliphatic heterocycles. The van der Waals surface area contributed by atoms with Gasteiger partial charge in [0.05, 0.1) is 12.6 Å². The van der Waals surface area contributed by atoms with Crippen LogP contribution in [-0.4, -0.2) is 77.9 Å². The zero-order chi connectivity index (χ0) is 29.8. The van der Waals surface area contributed by atoms with Gasteiger partial charge in [0, 0.05) is 50.4 Å². The number of carbonyl (C=O) groups excluding carboxylic acids is 3. The molecule has 41 heavy (non-hydrogen) atoms. The minimum atomic E-state index is -0.826. The molecule has 0 spiro atoms. The Morgan fingerprint density at radius 1 is 1.02 bits per heavy atom. The molecule has 1 aromatic carbocycles. The molecular formula is C29H40N6O5S. The van der Waals surface area contributed by atoms with Gasteiger partial charge in [-0.2, -0.15) is 0 Å². The van der Waals surface area contributed by atoms with Crippen LogP contribution in [0.25, 0.3) is 10.1 Å². The molecule has 2 heterocycles.